The topological polar surface area (TPSA) is 78.1 Å². The van der Waals surface area contributed by atoms with Crippen LogP contribution in [0.2, 0.25) is 0 Å². The van der Waals surface area contributed by atoms with Gasteiger partial charge in [0.05, 0.1) is 0 Å². The lowest BCUT2D eigenvalue weighted by molar-refractivity contribution is -0.122. The van der Waals surface area contributed by atoms with Gasteiger partial charge in [0.1, 0.15) is 6.04 Å². The molecule has 2 heterocycles. The van der Waals surface area contributed by atoms with Gasteiger partial charge >= 0.3 is 0 Å². The van der Waals surface area contributed by atoms with E-state index >= 15 is 0 Å². The number of rotatable bonds is 3. The first-order chi connectivity index (χ1) is 11.1. The van der Waals surface area contributed by atoms with Gasteiger partial charge in [-0.2, -0.15) is 0 Å². The predicted octanol–water partition coefficient (Wildman–Crippen LogP) is 2.42. The lowest BCUT2D eigenvalue weighted by atomic mass is 9.96. The van der Waals surface area contributed by atoms with Crippen molar-refractivity contribution in [3.63, 3.8) is 0 Å². The molecule has 0 bridgehead atoms. The number of hydrogen-bond acceptors (Lipinski definition) is 3. The largest absolute Gasteiger partial charge is 0.341 e. The Kier molecular flexibility index (Phi) is 4.14. The molecule has 23 heavy (non-hydrogen) atoms. The fraction of sp³-hybridized carbons (Fsp3) is 0.353. The van der Waals surface area contributed by atoms with Crippen molar-refractivity contribution in [3.8, 4) is 0 Å². The van der Waals surface area contributed by atoms with E-state index in [1.165, 1.54) is 6.20 Å². The van der Waals surface area contributed by atoms with Crippen molar-refractivity contribution >= 4 is 17.5 Å². The third kappa shape index (κ3) is 2.84. The highest BCUT2D eigenvalue weighted by Gasteiger charge is 2.37. The smallest absolute Gasteiger partial charge is 0.290 e. The van der Waals surface area contributed by atoms with Gasteiger partial charge in [-0.3, -0.25) is 9.59 Å². The van der Waals surface area contributed by atoms with Crippen molar-refractivity contribution in [2.24, 2.45) is 5.92 Å². The summed E-state index contributed by atoms with van der Waals surface area (Å²) >= 11 is 0. The summed E-state index contributed by atoms with van der Waals surface area (Å²) in [4.78, 5) is 34.1. The van der Waals surface area contributed by atoms with Crippen LogP contribution in [0.1, 0.15) is 36.5 Å². The fourth-order valence-corrected chi connectivity index (χ4v) is 2.92. The molecule has 0 saturated heterocycles. The number of fused-ring (bicyclic) bond motifs is 1. The lowest BCUT2D eigenvalue weighted by Crippen LogP contribution is -2.49. The van der Waals surface area contributed by atoms with E-state index in [1.54, 1.807) is 11.1 Å². The number of imidazole rings is 1. The number of amides is 2. The molecule has 0 saturated carbocycles. The van der Waals surface area contributed by atoms with E-state index in [2.05, 4.69) is 15.3 Å². The molecule has 3 rings (SSSR count). The molecular formula is C17H20N4O2. The highest BCUT2D eigenvalue weighted by molar-refractivity contribution is 6.01. The van der Waals surface area contributed by atoms with Gasteiger partial charge < -0.3 is 15.2 Å². The van der Waals surface area contributed by atoms with Crippen LogP contribution in [0.5, 0.6) is 0 Å². The van der Waals surface area contributed by atoms with E-state index in [-0.39, 0.29) is 23.6 Å². The molecule has 2 aromatic rings. The summed E-state index contributed by atoms with van der Waals surface area (Å²) in [5.74, 6) is -0.106. The van der Waals surface area contributed by atoms with E-state index < -0.39 is 6.04 Å². The van der Waals surface area contributed by atoms with Crippen LogP contribution >= 0.6 is 0 Å². The Labute approximate surface area is 134 Å². The average molecular weight is 312 g/mol. The van der Waals surface area contributed by atoms with Gasteiger partial charge in [-0.25, -0.2) is 4.98 Å². The molecule has 0 fully saturated rings. The number of benzene rings is 1. The molecule has 1 aliphatic heterocycles. The van der Waals surface area contributed by atoms with E-state index in [0.29, 0.717) is 6.54 Å². The third-order valence-electron chi connectivity index (χ3n) is 4.36. The number of carbonyl (C=O) groups excluding carboxylic acids is 2. The molecule has 0 unspecified atom stereocenters. The van der Waals surface area contributed by atoms with Crippen LogP contribution in [-0.2, 0) is 11.3 Å². The maximum atomic E-state index is 12.9. The van der Waals surface area contributed by atoms with Gasteiger partial charge in [0.2, 0.25) is 5.91 Å². The summed E-state index contributed by atoms with van der Waals surface area (Å²) in [5.41, 5.74) is 1.69. The Hall–Kier alpha value is -2.63. The number of aromatic amines is 1. The van der Waals surface area contributed by atoms with Gasteiger partial charge in [-0.05, 0) is 17.5 Å². The summed E-state index contributed by atoms with van der Waals surface area (Å²) in [7, 11) is 0. The van der Waals surface area contributed by atoms with Crippen molar-refractivity contribution in [2.75, 3.05) is 5.32 Å². The average Bonchev–Trinajstić information content (AvgIpc) is 3.04. The summed E-state index contributed by atoms with van der Waals surface area (Å²) in [6.07, 6.45) is 3.95. The van der Waals surface area contributed by atoms with Gasteiger partial charge in [0, 0.05) is 24.6 Å². The maximum absolute atomic E-state index is 12.9. The van der Waals surface area contributed by atoms with Crippen LogP contribution in [0.3, 0.4) is 0 Å². The minimum absolute atomic E-state index is 0.0447. The molecule has 2 amide bonds. The Bertz CT molecular complexity index is 711. The second-order valence-corrected chi connectivity index (χ2v) is 5.85. The first-order valence-corrected chi connectivity index (χ1v) is 7.81. The van der Waals surface area contributed by atoms with Crippen LogP contribution in [0.15, 0.2) is 36.7 Å². The van der Waals surface area contributed by atoms with Gasteiger partial charge in [-0.1, -0.05) is 38.5 Å². The quantitative estimate of drug-likeness (QED) is 0.913. The van der Waals surface area contributed by atoms with Gasteiger partial charge in [-0.15, -0.1) is 0 Å². The van der Waals surface area contributed by atoms with E-state index in [4.69, 9.17) is 0 Å². The number of nitrogens with zero attached hydrogens (tertiary/aromatic N) is 2. The van der Waals surface area contributed by atoms with Crippen LogP contribution in [0.4, 0.5) is 5.69 Å². The molecule has 120 valence electrons. The summed E-state index contributed by atoms with van der Waals surface area (Å²) in [6.45, 7) is 4.39. The molecular weight excluding hydrogens is 292 g/mol. The van der Waals surface area contributed by atoms with Gasteiger partial charge in [0.25, 0.3) is 5.91 Å². The van der Waals surface area contributed by atoms with Crippen molar-refractivity contribution < 1.29 is 9.59 Å². The van der Waals surface area contributed by atoms with Crippen LogP contribution in [0, 0.1) is 5.92 Å². The van der Waals surface area contributed by atoms with Crippen molar-refractivity contribution in [1.29, 1.82) is 0 Å². The third-order valence-corrected chi connectivity index (χ3v) is 4.36. The minimum atomic E-state index is -0.523. The second kappa shape index (κ2) is 6.24. The monoisotopic (exact) mass is 312 g/mol. The van der Waals surface area contributed by atoms with Crippen LogP contribution < -0.4 is 5.32 Å². The van der Waals surface area contributed by atoms with E-state index in [9.17, 15) is 9.59 Å². The van der Waals surface area contributed by atoms with Crippen molar-refractivity contribution in [2.45, 2.75) is 32.9 Å². The number of H-pyrrole nitrogens is 1. The molecule has 1 aliphatic rings. The van der Waals surface area contributed by atoms with Crippen LogP contribution in [0.25, 0.3) is 0 Å². The van der Waals surface area contributed by atoms with Crippen LogP contribution in [-0.4, -0.2) is 32.7 Å². The molecule has 1 aromatic heterocycles. The number of nitrogens with one attached hydrogen (secondary N) is 2. The molecule has 2 atom stereocenters. The zero-order chi connectivity index (χ0) is 16.4. The normalized spacial score (nSPS) is 18.8. The second-order valence-electron chi connectivity index (χ2n) is 5.85. The molecule has 0 radical (unpaired) electrons. The first kappa shape index (κ1) is 15.3. The number of hydrogen-bond donors (Lipinski definition) is 2. The lowest BCUT2D eigenvalue weighted by Gasteiger charge is -2.31. The predicted molar refractivity (Wildman–Crippen MR) is 86.8 cm³/mol. The number of para-hydroxylation sites is 1. The Morgan fingerprint density at radius 1 is 1.43 bits per heavy atom. The molecule has 2 N–H and O–H groups in total. The Morgan fingerprint density at radius 3 is 2.91 bits per heavy atom. The van der Waals surface area contributed by atoms with E-state index in [0.717, 1.165) is 17.7 Å². The summed E-state index contributed by atoms with van der Waals surface area (Å²) < 4.78 is 0. The standard InChI is InChI=1S/C17H20N4O2/c1-3-11(2)14-16(22)20-13-7-5-4-6-12(13)10-21(14)17(23)15-18-8-9-19-15/h4-9,11,14H,3,10H2,1-2H3,(H,18,19)(H,20,22)/t11-,14-/m0/s1. The molecule has 1 aromatic carbocycles. The van der Waals surface area contributed by atoms with E-state index in [1.807, 2.05) is 38.1 Å². The maximum Gasteiger partial charge on any atom is 0.290 e. The number of carbonyl (C=O) groups is 2. The van der Waals surface area contributed by atoms with Gasteiger partial charge in [0.15, 0.2) is 5.82 Å². The molecule has 0 aliphatic carbocycles. The molecule has 0 spiro atoms. The SMILES string of the molecule is CC[C@H](C)[C@H]1C(=O)Nc2ccccc2CN1C(=O)c1ncc[nH]1. The number of aromatic nitrogens is 2. The molecule has 6 heteroatoms. The Balaban J connectivity index is 2.03. The Morgan fingerprint density at radius 2 is 2.22 bits per heavy atom. The zero-order valence-electron chi connectivity index (χ0n) is 13.2. The summed E-state index contributed by atoms with van der Waals surface area (Å²) in [5, 5.41) is 2.95. The highest BCUT2D eigenvalue weighted by atomic mass is 16.2. The number of anilines is 1. The first-order valence-electron chi connectivity index (χ1n) is 7.81. The highest BCUT2D eigenvalue weighted by Crippen LogP contribution is 2.27. The zero-order valence-corrected chi connectivity index (χ0v) is 13.2. The minimum Gasteiger partial charge on any atom is -0.341 e. The van der Waals surface area contributed by atoms with Crippen molar-refractivity contribution in [1.82, 2.24) is 14.9 Å². The van der Waals surface area contributed by atoms with Crippen molar-refractivity contribution in [3.05, 3.63) is 48.0 Å². The fourth-order valence-electron chi connectivity index (χ4n) is 2.92. The molecule has 6 nitrogen and oxygen atoms in total. The summed E-state index contributed by atoms with van der Waals surface area (Å²) in [6, 6.07) is 7.05.